The summed E-state index contributed by atoms with van der Waals surface area (Å²) in [7, 11) is 0. The first-order valence-electron chi connectivity index (χ1n) is 12.1. The maximum Gasteiger partial charge on any atom is 0.408 e. The number of phenolic OH excluding ortho intramolecular Hbond substituents is 2. The van der Waals surface area contributed by atoms with Crippen LogP contribution in [0.1, 0.15) is 52.2 Å². The van der Waals surface area contributed by atoms with Crippen LogP contribution in [0.3, 0.4) is 0 Å². The molecule has 9 nitrogen and oxygen atoms in total. The summed E-state index contributed by atoms with van der Waals surface area (Å²) in [4.78, 5) is 40.6. The number of ether oxygens (including phenoxy) is 1. The Hall–Kier alpha value is -3.85. The van der Waals surface area contributed by atoms with Crippen molar-refractivity contribution in [3.8, 4) is 11.5 Å². The molecule has 3 amide bonds. The van der Waals surface area contributed by atoms with Crippen molar-refractivity contribution in [2.75, 3.05) is 0 Å². The fourth-order valence-electron chi connectivity index (χ4n) is 3.52. The smallest absolute Gasteiger partial charge is 0.408 e. The zero-order valence-electron chi connectivity index (χ0n) is 22.0. The highest BCUT2D eigenvalue weighted by Crippen LogP contribution is 2.26. The Morgan fingerprint density at radius 3 is 2.24 bits per heavy atom. The first-order valence-corrected chi connectivity index (χ1v) is 12.1. The standard InChI is InChI=1S/C28H37N3O6/c1-18(2)15-21(29)25(34)31(14-13-19-9-7-6-8-10-19)26(35)22(30-27(36)37-28(3,4)5)16-20-11-12-23(32)24(33)17-20/h6-14,17-18,21-22,32-33H,15-16,29H2,1-5H3,(H,30,36)/t21-,22-/m0/s1. The van der Waals surface area contributed by atoms with Gasteiger partial charge < -0.3 is 26.0 Å². The van der Waals surface area contributed by atoms with Gasteiger partial charge in [0.25, 0.3) is 5.91 Å². The Labute approximate surface area is 217 Å². The van der Waals surface area contributed by atoms with Crippen molar-refractivity contribution in [1.29, 1.82) is 0 Å². The van der Waals surface area contributed by atoms with E-state index < -0.39 is 35.6 Å². The van der Waals surface area contributed by atoms with E-state index in [1.807, 2.05) is 44.2 Å². The van der Waals surface area contributed by atoms with Crippen LogP contribution in [-0.4, -0.2) is 50.7 Å². The highest BCUT2D eigenvalue weighted by Gasteiger charge is 2.33. The van der Waals surface area contributed by atoms with Gasteiger partial charge in [0.2, 0.25) is 5.91 Å². The molecule has 0 heterocycles. The van der Waals surface area contributed by atoms with Crippen LogP contribution in [0.4, 0.5) is 4.79 Å². The number of rotatable bonds is 9. The van der Waals surface area contributed by atoms with Gasteiger partial charge in [-0.3, -0.25) is 14.5 Å². The monoisotopic (exact) mass is 511 g/mol. The number of carbonyl (C=O) groups excluding carboxylic acids is 3. The number of phenols is 2. The van der Waals surface area contributed by atoms with Crippen LogP contribution in [-0.2, 0) is 20.7 Å². The molecule has 0 bridgehead atoms. The molecule has 0 saturated carbocycles. The van der Waals surface area contributed by atoms with Crippen molar-refractivity contribution in [3.63, 3.8) is 0 Å². The minimum atomic E-state index is -1.24. The molecule has 0 saturated heterocycles. The SMILES string of the molecule is CC(C)C[C@H](N)C(=O)N(C=Cc1ccccc1)C(=O)[C@H](Cc1ccc(O)c(O)c1)NC(=O)OC(C)(C)C. The molecule has 0 radical (unpaired) electrons. The molecular weight excluding hydrogens is 474 g/mol. The average molecular weight is 512 g/mol. The van der Waals surface area contributed by atoms with Crippen LogP contribution < -0.4 is 11.1 Å². The Morgan fingerprint density at radius 1 is 1.03 bits per heavy atom. The van der Waals surface area contributed by atoms with E-state index in [4.69, 9.17) is 10.5 Å². The zero-order chi connectivity index (χ0) is 27.8. The quantitative estimate of drug-likeness (QED) is 0.374. The molecule has 0 aliphatic carbocycles. The second-order valence-corrected chi connectivity index (χ2v) is 10.2. The zero-order valence-corrected chi connectivity index (χ0v) is 22.0. The summed E-state index contributed by atoms with van der Waals surface area (Å²) < 4.78 is 5.33. The third kappa shape index (κ3) is 9.61. The van der Waals surface area contributed by atoms with Gasteiger partial charge in [0.1, 0.15) is 11.6 Å². The number of aromatic hydroxyl groups is 2. The van der Waals surface area contributed by atoms with E-state index in [-0.39, 0.29) is 23.8 Å². The fourth-order valence-corrected chi connectivity index (χ4v) is 3.52. The molecule has 0 unspecified atom stereocenters. The first kappa shape index (κ1) is 29.4. The van der Waals surface area contributed by atoms with Gasteiger partial charge in [-0.2, -0.15) is 0 Å². The number of amides is 3. The van der Waals surface area contributed by atoms with E-state index in [2.05, 4.69) is 5.32 Å². The lowest BCUT2D eigenvalue weighted by molar-refractivity contribution is -0.143. The minimum Gasteiger partial charge on any atom is -0.504 e. The second-order valence-electron chi connectivity index (χ2n) is 10.2. The highest BCUT2D eigenvalue weighted by molar-refractivity contribution is 6.02. The normalized spacial score (nSPS) is 13.3. The van der Waals surface area contributed by atoms with E-state index >= 15 is 0 Å². The van der Waals surface area contributed by atoms with Gasteiger partial charge in [-0.1, -0.05) is 50.2 Å². The van der Waals surface area contributed by atoms with Crippen LogP contribution in [0.15, 0.2) is 54.7 Å². The number of nitrogens with one attached hydrogen (secondary N) is 1. The lowest BCUT2D eigenvalue weighted by Gasteiger charge is -2.28. The minimum absolute atomic E-state index is 0.0890. The van der Waals surface area contributed by atoms with Gasteiger partial charge in [-0.25, -0.2) is 4.79 Å². The lowest BCUT2D eigenvalue weighted by atomic mass is 10.0. The Balaban J connectivity index is 2.45. The van der Waals surface area contributed by atoms with Crippen molar-refractivity contribution in [1.82, 2.24) is 10.2 Å². The maximum atomic E-state index is 13.8. The predicted molar refractivity (Wildman–Crippen MR) is 141 cm³/mol. The van der Waals surface area contributed by atoms with E-state index in [0.29, 0.717) is 12.0 Å². The Morgan fingerprint density at radius 2 is 1.68 bits per heavy atom. The molecule has 200 valence electrons. The lowest BCUT2D eigenvalue weighted by Crippen LogP contribution is -2.53. The molecule has 2 aromatic rings. The number of nitrogens with zero attached hydrogens (tertiary/aromatic N) is 1. The predicted octanol–water partition coefficient (Wildman–Crippen LogP) is 3.93. The molecule has 9 heteroatoms. The number of nitrogens with two attached hydrogens (primary N) is 1. The van der Waals surface area contributed by atoms with Crippen molar-refractivity contribution in [2.24, 2.45) is 11.7 Å². The third-order valence-electron chi connectivity index (χ3n) is 5.20. The average Bonchev–Trinajstić information content (AvgIpc) is 2.79. The fraction of sp³-hybridized carbons (Fsp3) is 0.393. The summed E-state index contributed by atoms with van der Waals surface area (Å²) in [6.45, 7) is 8.90. The summed E-state index contributed by atoms with van der Waals surface area (Å²) in [5.41, 5.74) is 6.52. The molecule has 0 aliphatic heterocycles. The van der Waals surface area contributed by atoms with Gasteiger partial charge in [-0.15, -0.1) is 0 Å². The molecule has 0 aromatic heterocycles. The van der Waals surface area contributed by atoms with Gasteiger partial charge in [-0.05, 0) is 62.4 Å². The maximum absolute atomic E-state index is 13.8. The molecule has 0 aliphatic rings. The number of carbonyl (C=O) groups is 3. The van der Waals surface area contributed by atoms with Crippen molar-refractivity contribution in [3.05, 3.63) is 65.9 Å². The van der Waals surface area contributed by atoms with Crippen molar-refractivity contribution >= 4 is 24.0 Å². The molecule has 37 heavy (non-hydrogen) atoms. The molecule has 0 spiro atoms. The van der Waals surface area contributed by atoms with Gasteiger partial charge in [0.05, 0.1) is 6.04 Å². The Kier molecular flexibility index (Phi) is 10.3. The summed E-state index contributed by atoms with van der Waals surface area (Å²) in [5, 5.41) is 22.1. The molecule has 2 atom stereocenters. The third-order valence-corrected chi connectivity index (χ3v) is 5.20. The molecule has 2 rings (SSSR count). The number of benzene rings is 2. The van der Waals surface area contributed by atoms with Crippen molar-refractivity contribution < 1.29 is 29.3 Å². The highest BCUT2D eigenvalue weighted by atomic mass is 16.6. The van der Waals surface area contributed by atoms with E-state index in [0.717, 1.165) is 10.5 Å². The number of imide groups is 1. The topological polar surface area (TPSA) is 142 Å². The Bertz CT molecular complexity index is 1110. The van der Waals surface area contributed by atoms with Crippen LogP contribution in [0.2, 0.25) is 0 Å². The van der Waals surface area contributed by atoms with Gasteiger partial charge in [0, 0.05) is 12.6 Å². The number of alkyl carbamates (subject to hydrolysis) is 1. The van der Waals surface area contributed by atoms with Crippen molar-refractivity contribution in [2.45, 2.75) is 65.1 Å². The first-order chi connectivity index (χ1) is 17.3. The van der Waals surface area contributed by atoms with Crippen LogP contribution in [0, 0.1) is 5.92 Å². The van der Waals surface area contributed by atoms with Crippen LogP contribution >= 0.6 is 0 Å². The van der Waals surface area contributed by atoms with Crippen LogP contribution in [0.5, 0.6) is 11.5 Å². The van der Waals surface area contributed by atoms with E-state index in [1.54, 1.807) is 26.8 Å². The summed E-state index contributed by atoms with van der Waals surface area (Å²) in [5.74, 6) is -1.93. The largest absolute Gasteiger partial charge is 0.504 e. The summed E-state index contributed by atoms with van der Waals surface area (Å²) in [6, 6.07) is 11.0. The van der Waals surface area contributed by atoms with E-state index in [1.165, 1.54) is 24.4 Å². The summed E-state index contributed by atoms with van der Waals surface area (Å²) in [6.07, 6.45) is 2.37. The van der Waals surface area contributed by atoms with Gasteiger partial charge >= 0.3 is 6.09 Å². The number of hydrogen-bond acceptors (Lipinski definition) is 7. The van der Waals surface area contributed by atoms with E-state index in [9.17, 15) is 24.6 Å². The molecule has 2 aromatic carbocycles. The van der Waals surface area contributed by atoms with Crippen LogP contribution in [0.25, 0.3) is 6.08 Å². The van der Waals surface area contributed by atoms with Gasteiger partial charge in [0.15, 0.2) is 11.5 Å². The molecule has 0 fully saturated rings. The molecular formula is C28H37N3O6. The summed E-state index contributed by atoms with van der Waals surface area (Å²) >= 11 is 0. The molecule has 5 N–H and O–H groups in total. The second kappa shape index (κ2) is 12.9. The number of hydrogen-bond donors (Lipinski definition) is 4.